The van der Waals surface area contributed by atoms with Crippen LogP contribution in [0.25, 0.3) is 0 Å². The maximum Gasteiger partial charge on any atom is 0.122 e. The lowest BCUT2D eigenvalue weighted by molar-refractivity contribution is 0.173. The van der Waals surface area contributed by atoms with Gasteiger partial charge in [0.25, 0.3) is 0 Å². The fourth-order valence-corrected chi connectivity index (χ4v) is 2.82. The molecule has 0 spiro atoms. The van der Waals surface area contributed by atoms with Crippen LogP contribution in [0.2, 0.25) is 0 Å². The smallest absolute Gasteiger partial charge is 0.122 e. The molecule has 0 radical (unpaired) electrons. The number of hydrogen-bond acceptors (Lipinski definition) is 2. The first-order valence-electron chi connectivity index (χ1n) is 7.14. The van der Waals surface area contributed by atoms with Crippen molar-refractivity contribution in [1.29, 1.82) is 0 Å². The van der Waals surface area contributed by atoms with Crippen LogP contribution < -0.4 is 10.1 Å². The van der Waals surface area contributed by atoms with Crippen molar-refractivity contribution in [3.63, 3.8) is 0 Å². The molecule has 0 fully saturated rings. The summed E-state index contributed by atoms with van der Waals surface area (Å²) >= 11 is 0. The molecule has 100 valence electrons. The average molecular weight is 247 g/mol. The summed E-state index contributed by atoms with van der Waals surface area (Å²) in [4.78, 5) is 0. The third-order valence-corrected chi connectivity index (χ3v) is 3.67. The Hall–Kier alpha value is -1.02. The Morgan fingerprint density at radius 2 is 2.11 bits per heavy atom. The summed E-state index contributed by atoms with van der Waals surface area (Å²) in [6, 6.07) is 9.00. The van der Waals surface area contributed by atoms with E-state index >= 15 is 0 Å². The van der Waals surface area contributed by atoms with Gasteiger partial charge in [-0.25, -0.2) is 0 Å². The third-order valence-electron chi connectivity index (χ3n) is 3.67. The Balaban J connectivity index is 2.05. The van der Waals surface area contributed by atoms with Crippen molar-refractivity contribution in [1.82, 2.24) is 5.32 Å². The average Bonchev–Trinajstić information content (AvgIpc) is 2.37. The van der Waals surface area contributed by atoms with Gasteiger partial charge in [-0.3, -0.25) is 0 Å². The molecule has 0 amide bonds. The van der Waals surface area contributed by atoms with Crippen LogP contribution in [0.4, 0.5) is 0 Å². The van der Waals surface area contributed by atoms with E-state index in [4.69, 9.17) is 4.74 Å². The molecule has 1 aliphatic rings. The first kappa shape index (κ1) is 13.4. The number of ether oxygens (including phenoxy) is 1. The minimum atomic E-state index is 0.573. The van der Waals surface area contributed by atoms with Crippen molar-refractivity contribution in [3.8, 4) is 5.75 Å². The zero-order chi connectivity index (χ0) is 13.0. The molecule has 0 aromatic heterocycles. The van der Waals surface area contributed by atoms with Crippen LogP contribution in [0.15, 0.2) is 24.3 Å². The highest BCUT2D eigenvalue weighted by Gasteiger charge is 2.27. The van der Waals surface area contributed by atoms with Gasteiger partial charge in [0.05, 0.1) is 6.61 Å². The summed E-state index contributed by atoms with van der Waals surface area (Å²) in [6.07, 6.45) is 2.37. The predicted molar refractivity (Wildman–Crippen MR) is 76.1 cm³/mol. The van der Waals surface area contributed by atoms with Crippen LogP contribution in [-0.2, 0) is 6.42 Å². The van der Waals surface area contributed by atoms with E-state index in [1.54, 1.807) is 0 Å². The van der Waals surface area contributed by atoms with Gasteiger partial charge in [0.15, 0.2) is 0 Å². The first-order chi connectivity index (χ1) is 8.70. The summed E-state index contributed by atoms with van der Waals surface area (Å²) in [6.45, 7) is 8.66. The molecule has 2 rings (SSSR count). The van der Waals surface area contributed by atoms with Gasteiger partial charge in [-0.15, -0.1) is 0 Å². The van der Waals surface area contributed by atoms with Gasteiger partial charge >= 0.3 is 0 Å². The minimum absolute atomic E-state index is 0.573. The summed E-state index contributed by atoms with van der Waals surface area (Å²) in [5.41, 5.74) is 1.36. The van der Waals surface area contributed by atoms with Crippen molar-refractivity contribution in [2.24, 2.45) is 11.8 Å². The third kappa shape index (κ3) is 3.26. The van der Waals surface area contributed by atoms with Crippen LogP contribution in [0.5, 0.6) is 5.75 Å². The quantitative estimate of drug-likeness (QED) is 0.862. The topological polar surface area (TPSA) is 21.3 Å². The second-order valence-corrected chi connectivity index (χ2v) is 5.68. The molecule has 1 aromatic carbocycles. The van der Waals surface area contributed by atoms with Crippen LogP contribution in [0, 0.1) is 11.8 Å². The highest BCUT2D eigenvalue weighted by atomic mass is 16.5. The summed E-state index contributed by atoms with van der Waals surface area (Å²) in [5, 5.41) is 3.63. The number of rotatable bonds is 5. The molecule has 1 aromatic rings. The molecule has 2 atom stereocenters. The lowest BCUT2D eigenvalue weighted by Crippen LogP contribution is -2.42. The lowest BCUT2D eigenvalue weighted by atomic mass is 9.86. The highest BCUT2D eigenvalue weighted by Crippen LogP contribution is 2.29. The Bertz CT molecular complexity index is 375. The Morgan fingerprint density at radius 3 is 2.83 bits per heavy atom. The van der Waals surface area contributed by atoms with Crippen molar-refractivity contribution >= 4 is 0 Å². The molecule has 1 heterocycles. The molecule has 0 aliphatic carbocycles. The molecule has 0 bridgehead atoms. The standard InChI is InChI=1S/C16H25NO/c1-4-17-15(9-12(2)3)14-10-13-7-5-6-8-16(13)18-11-14/h5-8,12,14-15,17H,4,9-11H2,1-3H3. The second-order valence-electron chi connectivity index (χ2n) is 5.68. The molecule has 2 heteroatoms. The largest absolute Gasteiger partial charge is 0.493 e. The van der Waals surface area contributed by atoms with Gasteiger partial charge in [0, 0.05) is 12.0 Å². The van der Waals surface area contributed by atoms with E-state index in [2.05, 4.69) is 50.4 Å². The molecule has 0 saturated carbocycles. The minimum Gasteiger partial charge on any atom is -0.493 e. The second kappa shape index (κ2) is 6.24. The van der Waals surface area contributed by atoms with E-state index in [1.165, 1.54) is 12.0 Å². The van der Waals surface area contributed by atoms with Gasteiger partial charge in [-0.05, 0) is 36.9 Å². The van der Waals surface area contributed by atoms with Crippen LogP contribution >= 0.6 is 0 Å². The van der Waals surface area contributed by atoms with Crippen molar-refractivity contribution < 1.29 is 4.74 Å². The van der Waals surface area contributed by atoms with Gasteiger partial charge in [-0.1, -0.05) is 39.0 Å². The molecule has 2 nitrogen and oxygen atoms in total. The van der Waals surface area contributed by atoms with Crippen molar-refractivity contribution in [3.05, 3.63) is 29.8 Å². The zero-order valence-corrected chi connectivity index (χ0v) is 11.8. The summed E-state index contributed by atoms with van der Waals surface area (Å²) < 4.78 is 5.90. The van der Waals surface area contributed by atoms with E-state index in [0.717, 1.165) is 31.2 Å². The zero-order valence-electron chi connectivity index (χ0n) is 11.8. The number of hydrogen-bond donors (Lipinski definition) is 1. The molecule has 2 unspecified atom stereocenters. The maximum absolute atomic E-state index is 5.90. The van der Waals surface area contributed by atoms with E-state index in [9.17, 15) is 0 Å². The van der Waals surface area contributed by atoms with Crippen LogP contribution in [0.1, 0.15) is 32.8 Å². The molecule has 18 heavy (non-hydrogen) atoms. The molecule has 1 aliphatic heterocycles. The lowest BCUT2D eigenvalue weighted by Gasteiger charge is -2.33. The summed E-state index contributed by atoms with van der Waals surface area (Å²) in [7, 11) is 0. The number of fused-ring (bicyclic) bond motifs is 1. The number of benzene rings is 1. The molecular formula is C16H25NO. The maximum atomic E-state index is 5.90. The van der Waals surface area contributed by atoms with Crippen molar-refractivity contribution in [2.45, 2.75) is 39.7 Å². The van der Waals surface area contributed by atoms with E-state index in [1.807, 2.05) is 0 Å². The monoisotopic (exact) mass is 247 g/mol. The Kier molecular flexibility index (Phi) is 4.65. The van der Waals surface area contributed by atoms with Gasteiger partial charge < -0.3 is 10.1 Å². The Morgan fingerprint density at radius 1 is 1.33 bits per heavy atom. The van der Waals surface area contributed by atoms with Gasteiger partial charge in [0.1, 0.15) is 5.75 Å². The molecule has 0 saturated heterocycles. The normalized spacial score (nSPS) is 20.3. The van der Waals surface area contributed by atoms with E-state index < -0.39 is 0 Å². The SMILES string of the molecule is CCNC(CC(C)C)C1COc2ccccc2C1. The van der Waals surface area contributed by atoms with Crippen molar-refractivity contribution in [2.75, 3.05) is 13.2 Å². The molecule has 1 N–H and O–H groups in total. The number of para-hydroxylation sites is 1. The predicted octanol–water partition coefficient (Wildman–Crippen LogP) is 3.26. The summed E-state index contributed by atoms with van der Waals surface area (Å²) in [5.74, 6) is 2.40. The molecular weight excluding hydrogens is 222 g/mol. The van der Waals surface area contributed by atoms with Crippen LogP contribution in [-0.4, -0.2) is 19.2 Å². The van der Waals surface area contributed by atoms with E-state index in [-0.39, 0.29) is 0 Å². The van der Waals surface area contributed by atoms with E-state index in [0.29, 0.717) is 12.0 Å². The first-order valence-corrected chi connectivity index (χ1v) is 7.14. The number of nitrogens with one attached hydrogen (secondary N) is 1. The fourth-order valence-electron chi connectivity index (χ4n) is 2.82. The van der Waals surface area contributed by atoms with Gasteiger partial charge in [0.2, 0.25) is 0 Å². The Labute approximate surface area is 111 Å². The highest BCUT2D eigenvalue weighted by molar-refractivity contribution is 5.35. The van der Waals surface area contributed by atoms with Crippen LogP contribution in [0.3, 0.4) is 0 Å². The van der Waals surface area contributed by atoms with Gasteiger partial charge in [-0.2, -0.15) is 0 Å². The fraction of sp³-hybridized carbons (Fsp3) is 0.625.